The first-order valence-electron chi connectivity index (χ1n) is 9.94. The average molecular weight is 470 g/mol. The van der Waals surface area contributed by atoms with Crippen molar-refractivity contribution in [3.8, 4) is 11.3 Å². The van der Waals surface area contributed by atoms with Gasteiger partial charge in [-0.3, -0.25) is 14.6 Å². The van der Waals surface area contributed by atoms with Crippen LogP contribution < -0.4 is 0 Å². The number of aromatic nitrogens is 1. The van der Waals surface area contributed by atoms with Crippen molar-refractivity contribution in [3.05, 3.63) is 123 Å². The SMILES string of the molecule is Cc1nc(-c2ccc(Br)cc2)c(C(=O)c2ccccc2)c(C)c1C(=O)c1ccccc1. The molecule has 0 saturated heterocycles. The maximum absolute atomic E-state index is 13.6. The molecule has 0 atom stereocenters. The lowest BCUT2D eigenvalue weighted by atomic mass is 9.88. The van der Waals surface area contributed by atoms with E-state index in [1.165, 1.54) is 0 Å². The van der Waals surface area contributed by atoms with Crippen molar-refractivity contribution in [1.29, 1.82) is 0 Å². The zero-order chi connectivity index (χ0) is 22.0. The molecule has 0 N–H and O–H groups in total. The van der Waals surface area contributed by atoms with Gasteiger partial charge >= 0.3 is 0 Å². The van der Waals surface area contributed by atoms with Crippen molar-refractivity contribution in [1.82, 2.24) is 4.98 Å². The number of carbonyl (C=O) groups is 2. The summed E-state index contributed by atoms with van der Waals surface area (Å²) in [6, 6.07) is 25.9. The van der Waals surface area contributed by atoms with E-state index in [1.807, 2.05) is 74.5 Å². The third-order valence-electron chi connectivity index (χ3n) is 5.27. The number of nitrogens with zero attached hydrogens (tertiary/aromatic N) is 1. The fourth-order valence-corrected chi connectivity index (χ4v) is 4.01. The molecule has 0 saturated carbocycles. The van der Waals surface area contributed by atoms with Gasteiger partial charge in [-0.1, -0.05) is 88.7 Å². The van der Waals surface area contributed by atoms with Gasteiger partial charge in [0.2, 0.25) is 0 Å². The molecule has 0 spiro atoms. The molecule has 4 heteroatoms. The Morgan fingerprint density at radius 3 is 1.68 bits per heavy atom. The second-order valence-electron chi connectivity index (χ2n) is 7.32. The van der Waals surface area contributed by atoms with Gasteiger partial charge in [-0.25, -0.2) is 0 Å². The van der Waals surface area contributed by atoms with Crippen LogP contribution in [-0.4, -0.2) is 16.6 Å². The van der Waals surface area contributed by atoms with Gasteiger partial charge in [0.15, 0.2) is 11.6 Å². The van der Waals surface area contributed by atoms with E-state index in [4.69, 9.17) is 4.98 Å². The molecule has 0 amide bonds. The van der Waals surface area contributed by atoms with Crippen LogP contribution in [0.15, 0.2) is 89.4 Å². The summed E-state index contributed by atoms with van der Waals surface area (Å²) in [5.74, 6) is -0.279. The molecule has 1 heterocycles. The lowest BCUT2D eigenvalue weighted by molar-refractivity contribution is 0.103. The van der Waals surface area contributed by atoms with Crippen LogP contribution in [0.1, 0.15) is 43.1 Å². The smallest absolute Gasteiger partial charge is 0.195 e. The van der Waals surface area contributed by atoms with Crippen LogP contribution in [0.25, 0.3) is 11.3 Å². The van der Waals surface area contributed by atoms with Crippen molar-refractivity contribution in [2.24, 2.45) is 0 Å². The summed E-state index contributed by atoms with van der Waals surface area (Å²) < 4.78 is 0.941. The number of rotatable bonds is 5. The Morgan fingerprint density at radius 2 is 1.16 bits per heavy atom. The molecule has 4 aromatic rings. The maximum atomic E-state index is 13.6. The standard InChI is InChI=1S/C27H20BrNO2/c1-17-23(26(30)20-9-5-3-6-10-20)18(2)29-25(19-13-15-22(28)16-14-19)24(17)27(31)21-11-7-4-8-12-21/h3-16H,1-2H3. The minimum atomic E-state index is -0.148. The van der Waals surface area contributed by atoms with Crippen molar-refractivity contribution in [2.45, 2.75) is 13.8 Å². The quantitative estimate of drug-likeness (QED) is 0.309. The Hall–Kier alpha value is -3.37. The molecule has 0 fully saturated rings. The van der Waals surface area contributed by atoms with Crippen LogP contribution in [-0.2, 0) is 0 Å². The number of ketones is 2. The molecule has 0 aliphatic carbocycles. The molecule has 0 radical (unpaired) electrons. The molecule has 0 bridgehead atoms. The highest BCUT2D eigenvalue weighted by molar-refractivity contribution is 9.10. The summed E-state index contributed by atoms with van der Waals surface area (Å²) in [5, 5.41) is 0. The van der Waals surface area contributed by atoms with Crippen molar-refractivity contribution >= 4 is 27.5 Å². The van der Waals surface area contributed by atoms with Crippen molar-refractivity contribution < 1.29 is 9.59 Å². The van der Waals surface area contributed by atoms with Crippen LogP contribution in [0.4, 0.5) is 0 Å². The predicted octanol–water partition coefficient (Wildman–Crippen LogP) is 6.59. The van der Waals surface area contributed by atoms with Gasteiger partial charge in [0.05, 0.1) is 11.3 Å². The lowest BCUT2D eigenvalue weighted by Crippen LogP contribution is -2.15. The Labute approximate surface area is 189 Å². The fourth-order valence-electron chi connectivity index (χ4n) is 3.75. The third-order valence-corrected chi connectivity index (χ3v) is 5.80. The highest BCUT2D eigenvalue weighted by atomic mass is 79.9. The summed E-state index contributed by atoms with van der Waals surface area (Å²) in [6.07, 6.45) is 0. The first-order chi connectivity index (χ1) is 15.0. The van der Waals surface area contributed by atoms with Gasteiger partial charge < -0.3 is 0 Å². The second kappa shape index (κ2) is 8.78. The molecule has 31 heavy (non-hydrogen) atoms. The van der Waals surface area contributed by atoms with E-state index in [2.05, 4.69) is 15.9 Å². The fraction of sp³-hybridized carbons (Fsp3) is 0.0741. The molecule has 0 unspecified atom stereocenters. The van der Waals surface area contributed by atoms with E-state index in [-0.39, 0.29) is 11.6 Å². The van der Waals surface area contributed by atoms with Gasteiger partial charge in [-0.2, -0.15) is 0 Å². The van der Waals surface area contributed by atoms with Crippen LogP contribution in [0.2, 0.25) is 0 Å². The minimum Gasteiger partial charge on any atom is -0.289 e. The zero-order valence-corrected chi connectivity index (χ0v) is 18.8. The van der Waals surface area contributed by atoms with Gasteiger partial charge in [0, 0.05) is 32.4 Å². The number of halogens is 1. The Balaban J connectivity index is 1.97. The van der Waals surface area contributed by atoms with Crippen LogP contribution >= 0.6 is 15.9 Å². The normalized spacial score (nSPS) is 10.7. The average Bonchev–Trinajstić information content (AvgIpc) is 2.80. The molecule has 1 aromatic heterocycles. The third kappa shape index (κ3) is 4.12. The van der Waals surface area contributed by atoms with E-state index in [0.717, 1.165) is 10.0 Å². The molecule has 0 aliphatic rings. The molecule has 0 aliphatic heterocycles. The van der Waals surface area contributed by atoms with E-state index in [0.29, 0.717) is 39.2 Å². The highest BCUT2D eigenvalue weighted by Gasteiger charge is 2.26. The van der Waals surface area contributed by atoms with Gasteiger partial charge in [0.1, 0.15) is 0 Å². The van der Waals surface area contributed by atoms with Crippen LogP contribution in [0.5, 0.6) is 0 Å². The van der Waals surface area contributed by atoms with Crippen LogP contribution in [0, 0.1) is 13.8 Å². The first-order valence-corrected chi connectivity index (χ1v) is 10.7. The number of benzene rings is 3. The summed E-state index contributed by atoms with van der Waals surface area (Å²) in [4.78, 5) is 31.7. The zero-order valence-electron chi connectivity index (χ0n) is 17.2. The second-order valence-corrected chi connectivity index (χ2v) is 8.23. The van der Waals surface area contributed by atoms with E-state index < -0.39 is 0 Å². The van der Waals surface area contributed by atoms with Crippen molar-refractivity contribution in [3.63, 3.8) is 0 Å². The topological polar surface area (TPSA) is 47.0 Å². The molecular weight excluding hydrogens is 450 g/mol. The molecule has 3 aromatic carbocycles. The van der Waals surface area contributed by atoms with Crippen LogP contribution in [0.3, 0.4) is 0 Å². The predicted molar refractivity (Wildman–Crippen MR) is 127 cm³/mol. The number of aryl methyl sites for hydroxylation is 1. The summed E-state index contributed by atoms with van der Waals surface area (Å²) >= 11 is 3.46. The molecular formula is C27H20BrNO2. The number of carbonyl (C=O) groups excluding carboxylic acids is 2. The molecule has 3 nitrogen and oxygen atoms in total. The van der Waals surface area contributed by atoms with Gasteiger partial charge in [-0.05, 0) is 31.5 Å². The Kier molecular flexibility index (Phi) is 5.92. The van der Waals surface area contributed by atoms with Crippen molar-refractivity contribution in [2.75, 3.05) is 0 Å². The van der Waals surface area contributed by atoms with Gasteiger partial charge in [0.25, 0.3) is 0 Å². The lowest BCUT2D eigenvalue weighted by Gasteiger charge is -2.17. The van der Waals surface area contributed by atoms with E-state index in [9.17, 15) is 9.59 Å². The summed E-state index contributed by atoms with van der Waals surface area (Å²) in [5.41, 5.74) is 4.73. The largest absolute Gasteiger partial charge is 0.289 e. The first kappa shape index (κ1) is 20.9. The van der Waals surface area contributed by atoms with E-state index in [1.54, 1.807) is 24.3 Å². The number of pyridine rings is 1. The number of hydrogen-bond donors (Lipinski definition) is 0. The minimum absolute atomic E-state index is 0.132. The Bertz CT molecular complexity index is 1260. The molecule has 152 valence electrons. The Morgan fingerprint density at radius 1 is 0.677 bits per heavy atom. The highest BCUT2D eigenvalue weighted by Crippen LogP contribution is 2.32. The van der Waals surface area contributed by atoms with E-state index >= 15 is 0 Å². The maximum Gasteiger partial charge on any atom is 0.195 e. The van der Waals surface area contributed by atoms with Gasteiger partial charge in [-0.15, -0.1) is 0 Å². The monoisotopic (exact) mass is 469 g/mol. The summed E-state index contributed by atoms with van der Waals surface area (Å²) in [6.45, 7) is 3.66. The summed E-state index contributed by atoms with van der Waals surface area (Å²) in [7, 11) is 0. The molecule has 4 rings (SSSR count). The number of hydrogen-bond acceptors (Lipinski definition) is 3.